The third kappa shape index (κ3) is 4.76. The summed E-state index contributed by atoms with van der Waals surface area (Å²) in [6, 6.07) is 6.51. The van der Waals surface area contributed by atoms with Crippen molar-refractivity contribution in [3.05, 3.63) is 35.9 Å². The summed E-state index contributed by atoms with van der Waals surface area (Å²) < 4.78 is 5.09. The minimum absolute atomic E-state index is 0.117. The van der Waals surface area contributed by atoms with Gasteiger partial charge in [0.1, 0.15) is 5.75 Å². The highest BCUT2D eigenvalue weighted by atomic mass is 16.5. The van der Waals surface area contributed by atoms with Gasteiger partial charge in [0.25, 0.3) is 0 Å². The van der Waals surface area contributed by atoms with Crippen molar-refractivity contribution in [1.82, 2.24) is 5.32 Å². The number of nitrogens with one attached hydrogen (secondary N) is 1. The molecule has 0 saturated carbocycles. The van der Waals surface area contributed by atoms with Gasteiger partial charge in [0.05, 0.1) is 13.2 Å². The number of carboxylic acid groups (broad SMARTS) is 1. The van der Waals surface area contributed by atoms with Gasteiger partial charge in [-0.15, -0.1) is 0 Å². The van der Waals surface area contributed by atoms with Crippen LogP contribution >= 0.6 is 0 Å². The van der Waals surface area contributed by atoms with Crippen molar-refractivity contribution in [2.24, 2.45) is 5.92 Å². The van der Waals surface area contributed by atoms with E-state index in [1.165, 1.54) is 6.08 Å². The molecule has 0 aliphatic heterocycles. The Balaban J connectivity index is 2.80. The number of carbonyl (C=O) groups excluding carboxylic acids is 1. The zero-order valence-electron chi connectivity index (χ0n) is 11.8. The molecule has 0 saturated heterocycles. The Labute approximate surface area is 118 Å². The van der Waals surface area contributed by atoms with Crippen LogP contribution < -0.4 is 10.1 Å². The molecule has 0 aliphatic rings. The van der Waals surface area contributed by atoms with Gasteiger partial charge in [-0.25, -0.2) is 4.79 Å². The molecule has 0 spiro atoms. The van der Waals surface area contributed by atoms with Crippen molar-refractivity contribution in [2.75, 3.05) is 7.11 Å². The Kier molecular flexibility index (Phi) is 5.77. The molecular formula is C15H19NO4. The molecule has 1 atom stereocenters. The minimum atomic E-state index is -1.20. The van der Waals surface area contributed by atoms with E-state index < -0.39 is 12.1 Å². The molecule has 0 aromatic heterocycles. The normalized spacial score (nSPS) is 12.4. The zero-order chi connectivity index (χ0) is 15.1. The highest BCUT2D eigenvalue weighted by Crippen LogP contribution is 2.14. The standard InChI is InChI=1S/C15H19NO4/c1-10(2)14(16-15(18)19)13(17)8-7-11-5-4-6-12(9-11)20-3/h4-10,14,16H,1-3H3,(H,18,19)/t14-/m1/s1. The van der Waals surface area contributed by atoms with Crippen molar-refractivity contribution in [3.8, 4) is 5.75 Å². The van der Waals surface area contributed by atoms with Gasteiger partial charge in [-0.3, -0.25) is 4.79 Å². The van der Waals surface area contributed by atoms with Crippen molar-refractivity contribution in [1.29, 1.82) is 0 Å². The molecule has 1 aromatic carbocycles. The first-order valence-electron chi connectivity index (χ1n) is 6.29. The molecule has 1 rings (SSSR count). The van der Waals surface area contributed by atoms with Crippen LogP contribution in [-0.4, -0.2) is 30.1 Å². The van der Waals surface area contributed by atoms with Gasteiger partial charge in [0.2, 0.25) is 0 Å². The van der Waals surface area contributed by atoms with Gasteiger partial charge >= 0.3 is 6.09 Å². The third-order valence-electron chi connectivity index (χ3n) is 2.79. The Bertz CT molecular complexity index is 508. The molecule has 0 radical (unpaired) electrons. The van der Waals surface area contributed by atoms with E-state index in [1.807, 2.05) is 18.2 Å². The molecule has 0 fully saturated rings. The Hall–Kier alpha value is -2.30. The molecule has 1 amide bonds. The van der Waals surface area contributed by atoms with E-state index in [1.54, 1.807) is 33.1 Å². The number of ether oxygens (including phenoxy) is 1. The first-order valence-corrected chi connectivity index (χ1v) is 6.29. The lowest BCUT2D eigenvalue weighted by atomic mass is 9.99. The number of hydrogen-bond acceptors (Lipinski definition) is 3. The first kappa shape index (κ1) is 15.8. The van der Waals surface area contributed by atoms with Crippen molar-refractivity contribution in [3.63, 3.8) is 0 Å². The highest BCUT2D eigenvalue weighted by molar-refractivity contribution is 5.99. The summed E-state index contributed by atoms with van der Waals surface area (Å²) in [7, 11) is 1.57. The van der Waals surface area contributed by atoms with Crippen LogP contribution in [0.4, 0.5) is 4.79 Å². The summed E-state index contributed by atoms with van der Waals surface area (Å²) >= 11 is 0. The summed E-state index contributed by atoms with van der Waals surface area (Å²) in [5, 5.41) is 11.0. The summed E-state index contributed by atoms with van der Waals surface area (Å²) in [4.78, 5) is 22.7. The molecule has 0 unspecified atom stereocenters. The summed E-state index contributed by atoms with van der Waals surface area (Å²) in [5.41, 5.74) is 0.815. The molecule has 0 heterocycles. The second kappa shape index (κ2) is 7.33. The maximum atomic E-state index is 12.0. The van der Waals surface area contributed by atoms with Crippen LogP contribution in [0.1, 0.15) is 19.4 Å². The molecule has 0 bridgehead atoms. The predicted molar refractivity (Wildman–Crippen MR) is 76.8 cm³/mol. The monoisotopic (exact) mass is 277 g/mol. The number of amides is 1. The molecule has 1 aromatic rings. The van der Waals surface area contributed by atoms with Gasteiger partial charge in [-0.1, -0.05) is 32.1 Å². The van der Waals surface area contributed by atoms with E-state index in [2.05, 4.69) is 5.32 Å². The molecule has 5 heteroatoms. The molecule has 5 nitrogen and oxygen atoms in total. The Morgan fingerprint density at radius 2 is 2.05 bits per heavy atom. The quantitative estimate of drug-likeness (QED) is 0.784. The number of ketones is 1. The molecule has 20 heavy (non-hydrogen) atoms. The van der Waals surface area contributed by atoms with Crippen molar-refractivity contribution in [2.45, 2.75) is 19.9 Å². The fourth-order valence-corrected chi connectivity index (χ4v) is 1.73. The SMILES string of the molecule is COc1cccc(C=CC(=O)[C@H](NC(=O)O)C(C)C)c1. The second-order valence-electron chi connectivity index (χ2n) is 4.68. The number of hydrogen-bond donors (Lipinski definition) is 2. The van der Waals surface area contributed by atoms with Gasteiger partial charge in [0.15, 0.2) is 5.78 Å². The fourth-order valence-electron chi connectivity index (χ4n) is 1.73. The van der Waals surface area contributed by atoms with E-state index >= 15 is 0 Å². The van der Waals surface area contributed by atoms with Crippen LogP contribution in [0.2, 0.25) is 0 Å². The average molecular weight is 277 g/mol. The van der Waals surface area contributed by atoms with Crippen LogP contribution in [0.5, 0.6) is 5.75 Å². The maximum absolute atomic E-state index is 12.0. The Morgan fingerprint density at radius 3 is 2.60 bits per heavy atom. The minimum Gasteiger partial charge on any atom is -0.497 e. The van der Waals surface area contributed by atoms with E-state index in [4.69, 9.17) is 9.84 Å². The largest absolute Gasteiger partial charge is 0.497 e. The van der Waals surface area contributed by atoms with E-state index in [9.17, 15) is 9.59 Å². The summed E-state index contributed by atoms with van der Waals surface area (Å²) in [6.07, 6.45) is 1.82. The molecule has 0 aliphatic carbocycles. The summed E-state index contributed by atoms with van der Waals surface area (Å²) in [5.74, 6) is 0.308. The van der Waals surface area contributed by atoms with Gasteiger partial charge in [0, 0.05) is 0 Å². The highest BCUT2D eigenvalue weighted by Gasteiger charge is 2.21. The predicted octanol–water partition coefficient (Wildman–Crippen LogP) is 2.57. The van der Waals surface area contributed by atoms with Crippen LogP contribution in [0.3, 0.4) is 0 Å². The van der Waals surface area contributed by atoms with Gasteiger partial charge in [-0.2, -0.15) is 0 Å². The number of benzene rings is 1. The van der Waals surface area contributed by atoms with E-state index in [-0.39, 0.29) is 11.7 Å². The smallest absolute Gasteiger partial charge is 0.405 e. The average Bonchev–Trinajstić information content (AvgIpc) is 2.42. The van der Waals surface area contributed by atoms with E-state index in [0.717, 1.165) is 5.56 Å². The lowest BCUT2D eigenvalue weighted by Crippen LogP contribution is -2.43. The Morgan fingerprint density at radius 1 is 1.35 bits per heavy atom. The van der Waals surface area contributed by atoms with Gasteiger partial charge < -0.3 is 15.2 Å². The van der Waals surface area contributed by atoms with Gasteiger partial charge in [-0.05, 0) is 29.7 Å². The van der Waals surface area contributed by atoms with Crippen LogP contribution in [-0.2, 0) is 4.79 Å². The lowest BCUT2D eigenvalue weighted by molar-refractivity contribution is -0.117. The van der Waals surface area contributed by atoms with E-state index in [0.29, 0.717) is 5.75 Å². The molecule has 108 valence electrons. The van der Waals surface area contributed by atoms with Crippen LogP contribution in [0.15, 0.2) is 30.3 Å². The van der Waals surface area contributed by atoms with Crippen molar-refractivity contribution < 1.29 is 19.4 Å². The maximum Gasteiger partial charge on any atom is 0.405 e. The lowest BCUT2D eigenvalue weighted by Gasteiger charge is -2.17. The third-order valence-corrected chi connectivity index (χ3v) is 2.79. The number of carbonyl (C=O) groups is 2. The molecule has 2 N–H and O–H groups in total. The van der Waals surface area contributed by atoms with Crippen LogP contribution in [0.25, 0.3) is 6.08 Å². The van der Waals surface area contributed by atoms with Crippen molar-refractivity contribution >= 4 is 18.0 Å². The summed E-state index contributed by atoms with van der Waals surface area (Å²) in [6.45, 7) is 3.58. The number of rotatable bonds is 6. The topological polar surface area (TPSA) is 75.6 Å². The number of methoxy groups -OCH3 is 1. The molecular weight excluding hydrogens is 258 g/mol. The second-order valence-corrected chi connectivity index (χ2v) is 4.68. The zero-order valence-corrected chi connectivity index (χ0v) is 11.8. The fraction of sp³-hybridized carbons (Fsp3) is 0.333. The van der Waals surface area contributed by atoms with Crippen LogP contribution in [0, 0.1) is 5.92 Å². The first-order chi connectivity index (χ1) is 9.43.